The second-order valence-electron chi connectivity index (χ2n) is 8.95. The zero-order chi connectivity index (χ0) is 27.1. The molecule has 2 aromatic heterocycles. The van der Waals surface area contributed by atoms with Crippen molar-refractivity contribution in [1.82, 2.24) is 14.5 Å². The van der Waals surface area contributed by atoms with E-state index >= 15 is 0 Å². The maximum Gasteiger partial charge on any atom is 0.534 e. The van der Waals surface area contributed by atoms with Gasteiger partial charge in [0, 0.05) is 49.2 Å². The standard InChI is InChI=1S/C26H22F3N5O3S/c1-32-10-12-33(13-11-32)22-6-2-18(3-7-22)20-14-24(25-21(15-30)16-31-34(25)17-20)19-4-8-23(9-5-19)37-38(35,36)26(27,28)29/h2-9,14,16-17H,10-13H2,1H3. The normalized spacial score (nSPS) is 15.0. The van der Waals surface area contributed by atoms with Crippen LogP contribution in [0.5, 0.6) is 5.75 Å². The summed E-state index contributed by atoms with van der Waals surface area (Å²) in [5.74, 6) is -0.480. The molecule has 1 aliphatic heterocycles. The molecule has 0 bridgehead atoms. The van der Waals surface area contributed by atoms with E-state index in [0.29, 0.717) is 22.2 Å². The van der Waals surface area contributed by atoms with Crippen molar-refractivity contribution in [1.29, 1.82) is 5.26 Å². The third kappa shape index (κ3) is 4.90. The molecular formula is C26H22F3N5O3S. The molecule has 1 fully saturated rings. The number of halogens is 3. The van der Waals surface area contributed by atoms with Crippen molar-refractivity contribution in [3.63, 3.8) is 0 Å². The summed E-state index contributed by atoms with van der Waals surface area (Å²) in [7, 11) is -3.68. The van der Waals surface area contributed by atoms with E-state index in [2.05, 4.69) is 44.3 Å². The van der Waals surface area contributed by atoms with Crippen LogP contribution in [0.15, 0.2) is 67.0 Å². The molecule has 196 valence electrons. The Bertz CT molecular complexity index is 1620. The van der Waals surface area contributed by atoms with Crippen LogP contribution in [0.4, 0.5) is 18.9 Å². The Morgan fingerprint density at radius 3 is 2.18 bits per heavy atom. The zero-order valence-electron chi connectivity index (χ0n) is 20.2. The molecule has 38 heavy (non-hydrogen) atoms. The van der Waals surface area contributed by atoms with Crippen molar-refractivity contribution in [3.8, 4) is 34.1 Å². The van der Waals surface area contributed by atoms with E-state index in [4.69, 9.17) is 0 Å². The van der Waals surface area contributed by atoms with Crippen molar-refractivity contribution < 1.29 is 25.8 Å². The first-order valence-corrected chi connectivity index (χ1v) is 13.0. The molecule has 5 rings (SSSR count). The van der Waals surface area contributed by atoms with Crippen LogP contribution in [0, 0.1) is 11.3 Å². The second-order valence-corrected chi connectivity index (χ2v) is 10.5. The first-order valence-electron chi connectivity index (χ1n) is 11.6. The molecule has 12 heteroatoms. The molecule has 0 saturated carbocycles. The van der Waals surface area contributed by atoms with Crippen molar-refractivity contribution in [3.05, 3.63) is 72.6 Å². The summed E-state index contributed by atoms with van der Waals surface area (Å²) in [6.45, 7) is 3.88. The average Bonchev–Trinajstić information content (AvgIpc) is 3.32. The van der Waals surface area contributed by atoms with E-state index < -0.39 is 21.4 Å². The second kappa shape index (κ2) is 9.66. The van der Waals surface area contributed by atoms with Gasteiger partial charge in [-0.05, 0) is 48.5 Å². The lowest BCUT2D eigenvalue weighted by molar-refractivity contribution is -0.0500. The van der Waals surface area contributed by atoms with Crippen LogP contribution in [0.3, 0.4) is 0 Å². The number of hydrogen-bond acceptors (Lipinski definition) is 7. The monoisotopic (exact) mass is 541 g/mol. The molecule has 1 aliphatic rings. The molecule has 0 spiro atoms. The van der Waals surface area contributed by atoms with E-state index in [1.54, 1.807) is 10.7 Å². The Hall–Kier alpha value is -4.08. The number of anilines is 1. The number of fused-ring (bicyclic) bond motifs is 1. The summed E-state index contributed by atoms with van der Waals surface area (Å²) in [6, 6.07) is 17.2. The van der Waals surface area contributed by atoms with Gasteiger partial charge in [0.1, 0.15) is 11.8 Å². The Balaban J connectivity index is 1.50. The summed E-state index contributed by atoms with van der Waals surface area (Å²) < 4.78 is 66.5. The summed E-state index contributed by atoms with van der Waals surface area (Å²) in [5, 5.41) is 13.9. The van der Waals surface area contributed by atoms with Gasteiger partial charge in [-0.3, -0.25) is 0 Å². The molecule has 2 aromatic carbocycles. The molecule has 4 aromatic rings. The number of likely N-dealkylation sites (N-methyl/N-ethyl adjacent to an activating group) is 1. The number of hydrogen-bond donors (Lipinski definition) is 0. The number of piperazine rings is 1. The number of aromatic nitrogens is 2. The largest absolute Gasteiger partial charge is 0.534 e. The minimum absolute atomic E-state index is 0.317. The quantitative estimate of drug-likeness (QED) is 0.271. The lowest BCUT2D eigenvalue weighted by Gasteiger charge is -2.34. The number of rotatable bonds is 5. The smallest absolute Gasteiger partial charge is 0.376 e. The number of alkyl halides is 3. The molecule has 0 N–H and O–H groups in total. The molecular weight excluding hydrogens is 519 g/mol. The topological polar surface area (TPSA) is 90.9 Å². The van der Waals surface area contributed by atoms with Crippen LogP contribution < -0.4 is 9.08 Å². The fourth-order valence-electron chi connectivity index (χ4n) is 4.37. The third-order valence-electron chi connectivity index (χ3n) is 6.46. The van der Waals surface area contributed by atoms with Gasteiger partial charge in [0.15, 0.2) is 0 Å². The summed E-state index contributed by atoms with van der Waals surface area (Å²) in [5.41, 5.74) is -0.714. The number of nitriles is 1. The summed E-state index contributed by atoms with van der Waals surface area (Å²) >= 11 is 0. The fraction of sp³-hybridized carbons (Fsp3) is 0.231. The van der Waals surface area contributed by atoms with E-state index in [1.807, 2.05) is 18.2 Å². The van der Waals surface area contributed by atoms with Gasteiger partial charge in [0.25, 0.3) is 0 Å². The minimum atomic E-state index is -5.78. The van der Waals surface area contributed by atoms with Crippen molar-refractivity contribution in [2.75, 3.05) is 38.1 Å². The van der Waals surface area contributed by atoms with Gasteiger partial charge in [-0.2, -0.15) is 31.9 Å². The van der Waals surface area contributed by atoms with Gasteiger partial charge in [-0.1, -0.05) is 24.3 Å². The van der Waals surface area contributed by atoms with Gasteiger partial charge in [-0.25, -0.2) is 4.52 Å². The third-order valence-corrected chi connectivity index (χ3v) is 7.43. The van der Waals surface area contributed by atoms with Crippen LogP contribution in [-0.4, -0.2) is 61.7 Å². The van der Waals surface area contributed by atoms with Gasteiger partial charge < -0.3 is 14.0 Å². The van der Waals surface area contributed by atoms with Crippen LogP contribution in [0.1, 0.15) is 5.56 Å². The Morgan fingerprint density at radius 1 is 0.947 bits per heavy atom. The van der Waals surface area contributed by atoms with Crippen molar-refractivity contribution in [2.45, 2.75) is 5.51 Å². The van der Waals surface area contributed by atoms with Crippen LogP contribution in [-0.2, 0) is 10.1 Å². The Kier molecular flexibility index (Phi) is 6.50. The summed E-state index contributed by atoms with van der Waals surface area (Å²) in [6.07, 6.45) is 3.24. The molecule has 8 nitrogen and oxygen atoms in total. The van der Waals surface area contributed by atoms with Gasteiger partial charge in [-0.15, -0.1) is 0 Å². The molecule has 0 radical (unpaired) electrons. The van der Waals surface area contributed by atoms with E-state index in [-0.39, 0.29) is 0 Å². The highest BCUT2D eigenvalue weighted by atomic mass is 32.2. The highest BCUT2D eigenvalue weighted by Crippen LogP contribution is 2.34. The van der Waals surface area contributed by atoms with E-state index in [1.165, 1.54) is 18.3 Å². The Morgan fingerprint density at radius 2 is 1.58 bits per heavy atom. The predicted octanol–water partition coefficient (Wildman–Crippen LogP) is 4.52. The molecule has 3 heterocycles. The molecule has 0 atom stereocenters. The van der Waals surface area contributed by atoms with Crippen molar-refractivity contribution >= 4 is 21.3 Å². The minimum Gasteiger partial charge on any atom is -0.376 e. The molecule has 0 amide bonds. The van der Waals surface area contributed by atoms with Crippen LogP contribution >= 0.6 is 0 Å². The summed E-state index contributed by atoms with van der Waals surface area (Å²) in [4.78, 5) is 4.61. The highest BCUT2D eigenvalue weighted by Gasteiger charge is 2.48. The van der Waals surface area contributed by atoms with Gasteiger partial charge in [0.05, 0.1) is 17.3 Å². The zero-order valence-corrected chi connectivity index (χ0v) is 21.0. The predicted molar refractivity (Wildman–Crippen MR) is 136 cm³/mol. The Labute approximate surface area is 217 Å². The maximum absolute atomic E-state index is 12.7. The number of benzene rings is 2. The number of nitrogens with zero attached hydrogens (tertiary/aromatic N) is 5. The van der Waals surface area contributed by atoms with Crippen LogP contribution in [0.25, 0.3) is 27.8 Å². The molecule has 1 saturated heterocycles. The fourth-order valence-corrected chi connectivity index (χ4v) is 4.83. The lowest BCUT2D eigenvalue weighted by Crippen LogP contribution is -2.44. The maximum atomic E-state index is 12.7. The van der Waals surface area contributed by atoms with Gasteiger partial charge >= 0.3 is 15.6 Å². The first-order chi connectivity index (χ1) is 18.1. The lowest BCUT2D eigenvalue weighted by atomic mass is 9.98. The SMILES string of the molecule is CN1CCN(c2ccc(-c3cc(-c4ccc(OS(=O)(=O)C(F)(F)F)cc4)c4c(C#N)cnn4c3)cc2)CC1. The van der Waals surface area contributed by atoms with Crippen molar-refractivity contribution in [2.24, 2.45) is 0 Å². The van der Waals surface area contributed by atoms with E-state index in [9.17, 15) is 26.9 Å². The molecule has 0 unspecified atom stereocenters. The first kappa shape index (κ1) is 25.6. The highest BCUT2D eigenvalue weighted by molar-refractivity contribution is 7.88. The van der Waals surface area contributed by atoms with Crippen LogP contribution in [0.2, 0.25) is 0 Å². The van der Waals surface area contributed by atoms with Gasteiger partial charge in [0.2, 0.25) is 0 Å². The van der Waals surface area contributed by atoms with E-state index in [0.717, 1.165) is 55.1 Å². The average molecular weight is 542 g/mol. The number of pyridine rings is 1. The molecule has 0 aliphatic carbocycles.